The molecule has 25 heavy (non-hydrogen) atoms. The molecule has 1 aliphatic heterocycles. The molecule has 1 amide bonds. The number of hydrogen-bond donors (Lipinski definition) is 1. The number of hydrogen-bond acceptors (Lipinski definition) is 6. The van der Waals surface area contributed by atoms with Gasteiger partial charge in [0.25, 0.3) is 11.6 Å². The van der Waals surface area contributed by atoms with Crippen LogP contribution in [0.2, 0.25) is 0 Å². The minimum Gasteiger partial charge on any atom is -0.393 e. The number of rotatable bonds is 4. The molecule has 1 aromatic rings. The number of anilines is 1. The summed E-state index contributed by atoms with van der Waals surface area (Å²) >= 11 is 0. The molecule has 1 heterocycles. The van der Waals surface area contributed by atoms with Crippen LogP contribution in [0, 0.1) is 33.2 Å². The van der Waals surface area contributed by atoms with Gasteiger partial charge in [-0.2, -0.15) is 5.26 Å². The predicted molar refractivity (Wildman–Crippen MR) is 89.2 cm³/mol. The number of piperazine rings is 1. The third-order valence-electron chi connectivity index (χ3n) is 4.31. The number of carbonyl (C=O) groups excluding carboxylic acids is 1. The smallest absolute Gasteiger partial charge is 0.295 e. The summed E-state index contributed by atoms with van der Waals surface area (Å²) < 4.78 is 13.6. The number of nitro benzene ring substituents is 1. The molecular formula is C16H20FN5O3. The summed E-state index contributed by atoms with van der Waals surface area (Å²) in [4.78, 5) is 26.2. The van der Waals surface area contributed by atoms with E-state index in [0.29, 0.717) is 32.2 Å². The molecule has 2 rings (SSSR count). The second kappa shape index (κ2) is 7.44. The van der Waals surface area contributed by atoms with Crippen LogP contribution in [0.5, 0.6) is 0 Å². The minimum atomic E-state index is -0.882. The summed E-state index contributed by atoms with van der Waals surface area (Å²) in [6, 6.07) is 3.64. The molecule has 0 bridgehead atoms. The quantitative estimate of drug-likeness (QED) is 0.501. The van der Waals surface area contributed by atoms with Gasteiger partial charge in [-0.3, -0.25) is 19.8 Å². The molecule has 0 spiro atoms. The van der Waals surface area contributed by atoms with Crippen LogP contribution in [-0.2, 0) is 0 Å². The summed E-state index contributed by atoms with van der Waals surface area (Å²) in [6.45, 7) is 5.59. The lowest BCUT2D eigenvalue weighted by atomic mass is 10.0. The number of nitro groups is 1. The Kier molecular flexibility index (Phi) is 5.54. The van der Waals surface area contributed by atoms with Gasteiger partial charge in [0, 0.05) is 26.2 Å². The van der Waals surface area contributed by atoms with E-state index in [4.69, 9.17) is 5.73 Å². The van der Waals surface area contributed by atoms with Gasteiger partial charge in [0.1, 0.15) is 17.5 Å². The summed E-state index contributed by atoms with van der Waals surface area (Å²) in [7, 11) is 0. The molecule has 1 atom stereocenters. The molecule has 0 aromatic heterocycles. The van der Waals surface area contributed by atoms with Crippen LogP contribution in [-0.4, -0.2) is 52.9 Å². The molecule has 2 N–H and O–H groups in total. The van der Waals surface area contributed by atoms with Crippen molar-refractivity contribution in [2.75, 3.05) is 31.9 Å². The summed E-state index contributed by atoms with van der Waals surface area (Å²) in [5, 5.41) is 20.2. The van der Waals surface area contributed by atoms with Gasteiger partial charge in [-0.25, -0.2) is 4.39 Å². The van der Waals surface area contributed by atoms with Gasteiger partial charge in [-0.05, 0) is 12.0 Å². The number of amides is 1. The SMILES string of the molecule is CC(C)[C@H](C#N)N1CCN(C(=O)c2cc(F)cc([N+](=O)[O-])c2N)CC1. The number of halogens is 1. The number of carbonyl (C=O) groups is 1. The van der Waals surface area contributed by atoms with Crippen LogP contribution in [0.1, 0.15) is 24.2 Å². The van der Waals surface area contributed by atoms with Crippen LogP contribution >= 0.6 is 0 Å². The monoisotopic (exact) mass is 349 g/mol. The minimum absolute atomic E-state index is 0.161. The Morgan fingerprint density at radius 1 is 1.36 bits per heavy atom. The van der Waals surface area contributed by atoms with E-state index in [0.717, 1.165) is 6.07 Å². The summed E-state index contributed by atoms with van der Waals surface area (Å²) in [6.07, 6.45) is 0. The average Bonchev–Trinajstić information content (AvgIpc) is 2.56. The highest BCUT2D eigenvalue weighted by Crippen LogP contribution is 2.28. The number of benzene rings is 1. The first-order valence-corrected chi connectivity index (χ1v) is 7.92. The first-order chi connectivity index (χ1) is 11.8. The van der Waals surface area contributed by atoms with Crippen molar-refractivity contribution >= 4 is 17.3 Å². The molecular weight excluding hydrogens is 329 g/mol. The van der Waals surface area contributed by atoms with E-state index in [-0.39, 0.29) is 23.2 Å². The van der Waals surface area contributed by atoms with Crippen molar-refractivity contribution in [1.29, 1.82) is 5.26 Å². The Balaban J connectivity index is 2.16. The highest BCUT2D eigenvalue weighted by molar-refractivity contribution is 6.01. The number of nitriles is 1. The van der Waals surface area contributed by atoms with Gasteiger partial charge >= 0.3 is 0 Å². The lowest BCUT2D eigenvalue weighted by molar-refractivity contribution is -0.384. The maximum Gasteiger partial charge on any atom is 0.295 e. The molecule has 1 aliphatic rings. The van der Waals surface area contributed by atoms with E-state index in [1.54, 1.807) is 0 Å². The maximum absolute atomic E-state index is 13.6. The molecule has 0 radical (unpaired) electrons. The molecule has 0 saturated carbocycles. The summed E-state index contributed by atoms with van der Waals surface area (Å²) in [5.41, 5.74) is 4.52. The summed E-state index contributed by atoms with van der Waals surface area (Å²) in [5.74, 6) is -1.26. The van der Waals surface area contributed by atoms with Crippen molar-refractivity contribution in [2.24, 2.45) is 5.92 Å². The normalized spacial score (nSPS) is 16.5. The van der Waals surface area contributed by atoms with Crippen molar-refractivity contribution < 1.29 is 14.1 Å². The Morgan fingerprint density at radius 3 is 2.44 bits per heavy atom. The van der Waals surface area contributed by atoms with Crippen molar-refractivity contribution in [3.63, 3.8) is 0 Å². The average molecular weight is 349 g/mol. The van der Waals surface area contributed by atoms with Crippen LogP contribution in [0.25, 0.3) is 0 Å². The molecule has 1 saturated heterocycles. The second-order valence-electron chi connectivity index (χ2n) is 6.29. The van der Waals surface area contributed by atoms with Gasteiger partial charge in [0.15, 0.2) is 0 Å². The zero-order valence-corrected chi connectivity index (χ0v) is 14.1. The van der Waals surface area contributed by atoms with Gasteiger partial charge < -0.3 is 10.6 Å². The first kappa shape index (κ1) is 18.6. The van der Waals surface area contributed by atoms with Crippen LogP contribution in [0.15, 0.2) is 12.1 Å². The molecule has 0 aliphatic carbocycles. The predicted octanol–water partition coefficient (Wildman–Crippen LogP) is 1.62. The maximum atomic E-state index is 13.6. The molecule has 1 fully saturated rings. The highest BCUT2D eigenvalue weighted by atomic mass is 19.1. The Hall–Kier alpha value is -2.73. The van der Waals surface area contributed by atoms with Gasteiger partial charge in [0.2, 0.25) is 0 Å². The van der Waals surface area contributed by atoms with E-state index in [2.05, 4.69) is 6.07 Å². The van der Waals surface area contributed by atoms with E-state index < -0.39 is 22.3 Å². The second-order valence-corrected chi connectivity index (χ2v) is 6.29. The van der Waals surface area contributed by atoms with E-state index in [1.165, 1.54) is 4.90 Å². The van der Waals surface area contributed by atoms with Gasteiger partial charge in [-0.1, -0.05) is 13.8 Å². The Labute approximate surface area is 144 Å². The zero-order chi connectivity index (χ0) is 18.7. The molecule has 9 heteroatoms. The largest absolute Gasteiger partial charge is 0.393 e. The molecule has 0 unspecified atom stereocenters. The van der Waals surface area contributed by atoms with E-state index in [9.17, 15) is 24.6 Å². The number of nitrogen functional groups attached to an aromatic ring is 1. The lowest BCUT2D eigenvalue weighted by Gasteiger charge is -2.38. The standard InChI is InChI=1S/C16H20FN5O3/c1-10(2)14(9-18)20-3-5-21(6-4-20)16(23)12-7-11(17)8-13(15(12)19)22(24)25/h7-8,10,14H,3-6,19H2,1-2H3/t14-/m0/s1. The number of nitrogens with two attached hydrogens (primary N) is 1. The Morgan fingerprint density at radius 2 is 1.96 bits per heavy atom. The Bertz CT molecular complexity index is 723. The molecule has 134 valence electrons. The third kappa shape index (κ3) is 3.85. The molecule has 8 nitrogen and oxygen atoms in total. The fourth-order valence-corrected chi connectivity index (χ4v) is 2.96. The third-order valence-corrected chi connectivity index (χ3v) is 4.31. The van der Waals surface area contributed by atoms with Crippen molar-refractivity contribution in [3.8, 4) is 6.07 Å². The van der Waals surface area contributed by atoms with Crippen molar-refractivity contribution in [3.05, 3.63) is 33.6 Å². The van der Waals surface area contributed by atoms with Crippen LogP contribution in [0.3, 0.4) is 0 Å². The van der Waals surface area contributed by atoms with E-state index in [1.807, 2.05) is 18.7 Å². The van der Waals surface area contributed by atoms with Gasteiger partial charge in [0.05, 0.1) is 22.6 Å². The van der Waals surface area contributed by atoms with Gasteiger partial charge in [-0.15, -0.1) is 0 Å². The van der Waals surface area contributed by atoms with Crippen LogP contribution < -0.4 is 5.73 Å². The highest BCUT2D eigenvalue weighted by Gasteiger charge is 2.30. The van der Waals surface area contributed by atoms with Crippen LogP contribution in [0.4, 0.5) is 15.8 Å². The topological polar surface area (TPSA) is 116 Å². The first-order valence-electron chi connectivity index (χ1n) is 7.92. The fourth-order valence-electron chi connectivity index (χ4n) is 2.96. The fraction of sp³-hybridized carbons (Fsp3) is 0.500. The number of nitrogens with zero attached hydrogens (tertiary/aromatic N) is 4. The van der Waals surface area contributed by atoms with Crippen molar-refractivity contribution in [2.45, 2.75) is 19.9 Å². The zero-order valence-electron chi connectivity index (χ0n) is 14.1. The van der Waals surface area contributed by atoms with Crippen molar-refractivity contribution in [1.82, 2.24) is 9.80 Å². The lowest BCUT2D eigenvalue weighted by Crippen LogP contribution is -2.52. The molecule has 1 aromatic carbocycles. The van der Waals surface area contributed by atoms with E-state index >= 15 is 0 Å².